The summed E-state index contributed by atoms with van der Waals surface area (Å²) in [6, 6.07) is 15.6. The van der Waals surface area contributed by atoms with Crippen LogP contribution in [0.15, 0.2) is 59.7 Å². The zero-order valence-corrected chi connectivity index (χ0v) is 13.8. The molecule has 0 saturated carbocycles. The van der Waals surface area contributed by atoms with E-state index in [1.165, 1.54) is 5.69 Å². The molecule has 5 nitrogen and oxygen atoms in total. The number of benzene rings is 2. The predicted octanol–water partition coefficient (Wildman–Crippen LogP) is 0.720. The van der Waals surface area contributed by atoms with Crippen LogP contribution in [0.2, 0.25) is 0 Å². The molecule has 3 aromatic rings. The van der Waals surface area contributed by atoms with Crippen LogP contribution in [-0.2, 0) is 0 Å². The maximum atomic E-state index is 12.7. The van der Waals surface area contributed by atoms with Gasteiger partial charge in [0.15, 0.2) is 0 Å². The number of quaternary nitrogens is 1. The van der Waals surface area contributed by atoms with Crippen molar-refractivity contribution in [2.75, 3.05) is 38.1 Å². The van der Waals surface area contributed by atoms with Gasteiger partial charge in [-0.1, -0.05) is 12.1 Å². The van der Waals surface area contributed by atoms with Gasteiger partial charge in [0.1, 0.15) is 6.33 Å². The van der Waals surface area contributed by atoms with Crippen LogP contribution in [0.25, 0.3) is 16.6 Å². The fourth-order valence-corrected chi connectivity index (χ4v) is 3.22. The highest BCUT2D eigenvalue weighted by molar-refractivity contribution is 5.77. The molecule has 2 heterocycles. The molecule has 1 aliphatic rings. The molecule has 24 heavy (non-hydrogen) atoms. The van der Waals surface area contributed by atoms with Crippen molar-refractivity contribution < 1.29 is 4.90 Å². The van der Waals surface area contributed by atoms with Crippen molar-refractivity contribution in [1.29, 1.82) is 0 Å². The van der Waals surface area contributed by atoms with Gasteiger partial charge < -0.3 is 9.80 Å². The van der Waals surface area contributed by atoms with E-state index in [2.05, 4.69) is 29.1 Å². The number of likely N-dealkylation sites (N-methyl/N-ethyl adjacent to an activating group) is 1. The maximum absolute atomic E-state index is 12.7. The molecule has 2 aromatic carbocycles. The number of hydrogen-bond donors (Lipinski definition) is 1. The number of nitrogens with one attached hydrogen (secondary N) is 1. The molecule has 1 aliphatic heterocycles. The third-order valence-corrected chi connectivity index (χ3v) is 4.78. The van der Waals surface area contributed by atoms with Crippen molar-refractivity contribution in [1.82, 2.24) is 9.55 Å². The van der Waals surface area contributed by atoms with Crippen molar-refractivity contribution in [3.8, 4) is 5.69 Å². The SMILES string of the molecule is C[NH+]1CCN(c2ccc(-n3cnc4ccccc4c3=O)cc2)CC1. The lowest BCUT2D eigenvalue weighted by atomic mass is 10.2. The molecule has 1 fully saturated rings. The first-order valence-corrected chi connectivity index (χ1v) is 8.35. The smallest absolute Gasteiger partial charge is 0.265 e. The lowest BCUT2D eigenvalue weighted by molar-refractivity contribution is -0.880. The van der Waals surface area contributed by atoms with Gasteiger partial charge in [-0.25, -0.2) is 4.98 Å². The Kier molecular flexibility index (Phi) is 3.78. The van der Waals surface area contributed by atoms with E-state index in [0.717, 1.165) is 37.4 Å². The predicted molar refractivity (Wildman–Crippen MR) is 96.2 cm³/mol. The third kappa shape index (κ3) is 2.67. The maximum Gasteiger partial charge on any atom is 0.265 e. The van der Waals surface area contributed by atoms with Gasteiger partial charge in [-0.2, -0.15) is 0 Å². The van der Waals surface area contributed by atoms with Gasteiger partial charge in [-0.15, -0.1) is 0 Å². The van der Waals surface area contributed by atoms with Crippen LogP contribution >= 0.6 is 0 Å². The van der Waals surface area contributed by atoms with Crippen LogP contribution in [0, 0.1) is 0 Å². The largest absolute Gasteiger partial charge is 0.360 e. The second-order valence-electron chi connectivity index (χ2n) is 6.40. The summed E-state index contributed by atoms with van der Waals surface area (Å²) in [5.41, 5.74) is 2.77. The molecular weight excluding hydrogens is 300 g/mol. The van der Waals surface area contributed by atoms with Gasteiger partial charge in [0.25, 0.3) is 5.56 Å². The van der Waals surface area contributed by atoms with Crippen LogP contribution in [0.4, 0.5) is 5.69 Å². The first-order valence-electron chi connectivity index (χ1n) is 8.35. The highest BCUT2D eigenvalue weighted by Gasteiger charge is 2.16. The summed E-state index contributed by atoms with van der Waals surface area (Å²) in [6.07, 6.45) is 1.61. The molecule has 0 unspecified atom stereocenters. The number of para-hydroxylation sites is 1. The molecule has 0 atom stereocenters. The monoisotopic (exact) mass is 321 g/mol. The van der Waals surface area contributed by atoms with Gasteiger partial charge in [0.2, 0.25) is 0 Å². The molecule has 1 aromatic heterocycles. The van der Waals surface area contributed by atoms with Gasteiger partial charge in [0, 0.05) is 5.69 Å². The molecule has 4 rings (SSSR count). The van der Waals surface area contributed by atoms with E-state index in [1.807, 2.05) is 36.4 Å². The van der Waals surface area contributed by atoms with Crippen molar-refractivity contribution in [2.24, 2.45) is 0 Å². The standard InChI is InChI=1S/C19H20N4O/c1-21-10-12-22(13-11-21)15-6-8-16(9-7-15)23-14-20-18-5-3-2-4-17(18)19(23)24/h2-9,14H,10-13H2,1H3/p+1. The average Bonchev–Trinajstić information content (AvgIpc) is 2.63. The molecule has 5 heteroatoms. The first kappa shape index (κ1) is 14.9. The first-order chi connectivity index (χ1) is 11.7. The number of nitrogens with zero attached hydrogens (tertiary/aromatic N) is 3. The molecular formula is C19H21N4O+. The van der Waals surface area contributed by atoms with Crippen LogP contribution in [0.5, 0.6) is 0 Å². The van der Waals surface area contributed by atoms with Crippen molar-refractivity contribution in [3.05, 3.63) is 65.2 Å². The van der Waals surface area contributed by atoms with Gasteiger partial charge >= 0.3 is 0 Å². The fraction of sp³-hybridized carbons (Fsp3) is 0.263. The minimum atomic E-state index is -0.0310. The number of rotatable bonds is 2. The Morgan fingerprint density at radius 2 is 1.62 bits per heavy atom. The zero-order valence-electron chi connectivity index (χ0n) is 13.8. The Labute approximate surface area is 140 Å². The second-order valence-corrected chi connectivity index (χ2v) is 6.40. The summed E-state index contributed by atoms with van der Waals surface area (Å²) in [5.74, 6) is 0. The Hall–Kier alpha value is -2.66. The van der Waals surface area contributed by atoms with Gasteiger partial charge in [0.05, 0.1) is 49.8 Å². The molecule has 1 N–H and O–H groups in total. The summed E-state index contributed by atoms with van der Waals surface area (Å²) in [5, 5.41) is 0.645. The van der Waals surface area contributed by atoms with Crippen molar-refractivity contribution >= 4 is 16.6 Å². The minimum Gasteiger partial charge on any atom is -0.360 e. The Morgan fingerprint density at radius 3 is 2.38 bits per heavy atom. The molecule has 0 aliphatic carbocycles. The number of fused-ring (bicyclic) bond motifs is 1. The van der Waals surface area contributed by atoms with E-state index >= 15 is 0 Å². The quantitative estimate of drug-likeness (QED) is 0.756. The summed E-state index contributed by atoms with van der Waals surface area (Å²) >= 11 is 0. The number of piperazine rings is 1. The number of anilines is 1. The average molecular weight is 321 g/mol. The fourth-order valence-electron chi connectivity index (χ4n) is 3.22. The number of aromatic nitrogens is 2. The molecule has 0 amide bonds. The Bertz CT molecular complexity index is 909. The lowest BCUT2D eigenvalue weighted by Gasteiger charge is -2.31. The summed E-state index contributed by atoms with van der Waals surface area (Å²) in [6.45, 7) is 4.47. The zero-order chi connectivity index (χ0) is 16.5. The van der Waals surface area contributed by atoms with Crippen molar-refractivity contribution in [2.45, 2.75) is 0 Å². The number of hydrogen-bond acceptors (Lipinski definition) is 3. The van der Waals surface area contributed by atoms with E-state index in [9.17, 15) is 4.79 Å². The molecule has 0 spiro atoms. The molecule has 122 valence electrons. The van der Waals surface area contributed by atoms with Crippen LogP contribution in [0.3, 0.4) is 0 Å². The second kappa shape index (κ2) is 6.09. The van der Waals surface area contributed by atoms with Crippen molar-refractivity contribution in [3.63, 3.8) is 0 Å². The van der Waals surface area contributed by atoms with Crippen LogP contribution < -0.4 is 15.4 Å². The van der Waals surface area contributed by atoms with E-state index < -0.39 is 0 Å². The topological polar surface area (TPSA) is 42.6 Å². The highest BCUT2D eigenvalue weighted by atomic mass is 16.1. The highest BCUT2D eigenvalue weighted by Crippen LogP contribution is 2.17. The Morgan fingerprint density at radius 1 is 0.958 bits per heavy atom. The van der Waals surface area contributed by atoms with E-state index in [-0.39, 0.29) is 5.56 Å². The van der Waals surface area contributed by atoms with Gasteiger partial charge in [-0.05, 0) is 36.4 Å². The van der Waals surface area contributed by atoms with Gasteiger partial charge in [-0.3, -0.25) is 9.36 Å². The van der Waals surface area contributed by atoms with Crippen LogP contribution in [-0.4, -0.2) is 42.8 Å². The summed E-state index contributed by atoms with van der Waals surface area (Å²) in [7, 11) is 2.24. The summed E-state index contributed by atoms with van der Waals surface area (Å²) in [4.78, 5) is 21.0. The summed E-state index contributed by atoms with van der Waals surface area (Å²) < 4.78 is 1.61. The third-order valence-electron chi connectivity index (χ3n) is 4.78. The van der Waals surface area contributed by atoms with Crippen LogP contribution in [0.1, 0.15) is 0 Å². The van der Waals surface area contributed by atoms with E-state index in [1.54, 1.807) is 15.8 Å². The Balaban J connectivity index is 1.66. The molecule has 1 saturated heterocycles. The lowest BCUT2D eigenvalue weighted by Crippen LogP contribution is -3.12. The molecule has 0 radical (unpaired) electrons. The van der Waals surface area contributed by atoms with E-state index in [0.29, 0.717) is 5.39 Å². The van der Waals surface area contributed by atoms with E-state index in [4.69, 9.17) is 0 Å². The normalized spacial score (nSPS) is 15.8. The minimum absolute atomic E-state index is 0.0310. The molecule has 0 bridgehead atoms.